The van der Waals surface area contributed by atoms with Gasteiger partial charge in [0.15, 0.2) is 0 Å². The molecular formula is C33H44O7. The van der Waals surface area contributed by atoms with Crippen LogP contribution in [0.2, 0.25) is 0 Å². The van der Waals surface area contributed by atoms with Gasteiger partial charge < -0.3 is 29.9 Å². The van der Waals surface area contributed by atoms with E-state index in [1.54, 1.807) is 12.1 Å². The van der Waals surface area contributed by atoms with Gasteiger partial charge in [0.1, 0.15) is 42.2 Å². The minimum atomic E-state index is -1.38. The molecule has 2 aliphatic carbocycles. The van der Waals surface area contributed by atoms with E-state index in [-0.39, 0.29) is 24.5 Å². The molecule has 0 saturated heterocycles. The first kappa shape index (κ1) is 31.6. The van der Waals surface area contributed by atoms with Crippen LogP contribution < -0.4 is 9.47 Å². The SMILES string of the molecule is CC1=C(/C=C/C(C)=C/C=C/C(C)=C/C=O)C(C)(C)CCC1Oc1ccc(OC2CC(CO)C(O)C(O)C2O)cc1. The van der Waals surface area contributed by atoms with Crippen LogP contribution in [0, 0.1) is 11.3 Å². The number of hydrogen-bond acceptors (Lipinski definition) is 7. The van der Waals surface area contributed by atoms with Crippen LogP contribution in [0.25, 0.3) is 0 Å². The molecule has 0 spiro atoms. The fourth-order valence-corrected chi connectivity index (χ4v) is 5.35. The predicted octanol–water partition coefficient (Wildman–Crippen LogP) is 4.62. The van der Waals surface area contributed by atoms with Gasteiger partial charge in [-0.1, -0.05) is 49.8 Å². The molecule has 0 amide bonds. The van der Waals surface area contributed by atoms with Crippen molar-refractivity contribution in [1.82, 2.24) is 0 Å². The molecule has 0 bridgehead atoms. The van der Waals surface area contributed by atoms with Crippen molar-refractivity contribution >= 4 is 6.29 Å². The zero-order valence-electron chi connectivity index (χ0n) is 24.2. The molecule has 2 aliphatic rings. The quantitative estimate of drug-likeness (QED) is 0.190. The zero-order chi connectivity index (χ0) is 29.4. The number of aliphatic hydroxyl groups excluding tert-OH is 4. The minimum absolute atomic E-state index is 0.0168. The molecule has 0 radical (unpaired) electrons. The van der Waals surface area contributed by atoms with Gasteiger partial charge >= 0.3 is 0 Å². The zero-order valence-corrected chi connectivity index (χ0v) is 24.2. The number of hydrogen-bond donors (Lipinski definition) is 4. The highest BCUT2D eigenvalue weighted by Crippen LogP contribution is 2.42. The van der Waals surface area contributed by atoms with E-state index < -0.39 is 30.3 Å². The molecule has 40 heavy (non-hydrogen) atoms. The molecule has 0 aromatic heterocycles. The van der Waals surface area contributed by atoms with E-state index in [2.05, 4.69) is 32.9 Å². The third-order valence-electron chi connectivity index (χ3n) is 7.95. The van der Waals surface area contributed by atoms with Gasteiger partial charge in [-0.2, -0.15) is 0 Å². The van der Waals surface area contributed by atoms with E-state index in [1.807, 2.05) is 44.2 Å². The van der Waals surface area contributed by atoms with Gasteiger partial charge in [0.2, 0.25) is 0 Å². The van der Waals surface area contributed by atoms with Crippen LogP contribution in [0.15, 0.2) is 83.0 Å². The highest BCUT2D eigenvalue weighted by Gasteiger charge is 2.43. The van der Waals surface area contributed by atoms with Crippen LogP contribution in [0.3, 0.4) is 0 Å². The Morgan fingerprint density at radius 2 is 1.57 bits per heavy atom. The van der Waals surface area contributed by atoms with Gasteiger partial charge in [-0.25, -0.2) is 0 Å². The van der Waals surface area contributed by atoms with Gasteiger partial charge in [0, 0.05) is 12.5 Å². The van der Waals surface area contributed by atoms with Crippen molar-refractivity contribution in [2.75, 3.05) is 6.61 Å². The average molecular weight is 553 g/mol. The molecule has 1 saturated carbocycles. The van der Waals surface area contributed by atoms with Crippen molar-refractivity contribution in [3.63, 3.8) is 0 Å². The second-order valence-electron chi connectivity index (χ2n) is 11.6. The number of benzene rings is 1. The Morgan fingerprint density at radius 3 is 2.20 bits per heavy atom. The Kier molecular flexibility index (Phi) is 11.1. The monoisotopic (exact) mass is 552 g/mol. The van der Waals surface area contributed by atoms with Crippen LogP contribution in [-0.2, 0) is 4.79 Å². The largest absolute Gasteiger partial charge is 0.488 e. The lowest BCUT2D eigenvalue weighted by atomic mass is 9.71. The maximum Gasteiger partial charge on any atom is 0.143 e. The molecule has 7 heteroatoms. The van der Waals surface area contributed by atoms with Crippen LogP contribution in [0.4, 0.5) is 0 Å². The van der Waals surface area contributed by atoms with Gasteiger partial charge in [-0.15, -0.1) is 0 Å². The van der Waals surface area contributed by atoms with E-state index in [0.717, 1.165) is 30.3 Å². The molecule has 7 nitrogen and oxygen atoms in total. The van der Waals surface area contributed by atoms with Crippen LogP contribution in [-0.4, -0.2) is 63.8 Å². The molecule has 4 N–H and O–H groups in total. The summed E-state index contributed by atoms with van der Waals surface area (Å²) >= 11 is 0. The summed E-state index contributed by atoms with van der Waals surface area (Å²) in [5, 5.41) is 40.0. The van der Waals surface area contributed by atoms with E-state index >= 15 is 0 Å². The molecule has 3 rings (SSSR count). The molecule has 0 aliphatic heterocycles. The van der Waals surface area contributed by atoms with Crippen molar-refractivity contribution in [2.45, 2.75) is 84.4 Å². The van der Waals surface area contributed by atoms with Crippen molar-refractivity contribution in [2.24, 2.45) is 11.3 Å². The summed E-state index contributed by atoms with van der Waals surface area (Å²) < 4.78 is 12.3. The fraction of sp³-hybridized carbons (Fsp3) is 0.485. The van der Waals surface area contributed by atoms with E-state index in [9.17, 15) is 25.2 Å². The third kappa shape index (κ3) is 8.04. The van der Waals surface area contributed by atoms with Crippen molar-refractivity contribution < 1.29 is 34.7 Å². The summed E-state index contributed by atoms with van der Waals surface area (Å²) in [5.74, 6) is 0.642. The molecule has 6 unspecified atom stereocenters. The number of allylic oxidation sites excluding steroid dienone is 9. The topological polar surface area (TPSA) is 116 Å². The van der Waals surface area contributed by atoms with Crippen LogP contribution >= 0.6 is 0 Å². The van der Waals surface area contributed by atoms with E-state index in [0.29, 0.717) is 11.5 Å². The van der Waals surface area contributed by atoms with Crippen LogP contribution in [0.1, 0.15) is 53.9 Å². The maximum absolute atomic E-state index is 10.6. The Balaban J connectivity index is 1.69. The summed E-state index contributed by atoms with van der Waals surface area (Å²) in [5.41, 5.74) is 4.45. The van der Waals surface area contributed by atoms with Gasteiger partial charge in [-0.3, -0.25) is 4.79 Å². The summed E-state index contributed by atoms with van der Waals surface area (Å²) in [6, 6.07) is 7.16. The van der Waals surface area contributed by atoms with Crippen molar-refractivity contribution in [1.29, 1.82) is 0 Å². The van der Waals surface area contributed by atoms with Crippen molar-refractivity contribution in [3.05, 3.63) is 83.0 Å². The highest BCUT2D eigenvalue weighted by molar-refractivity contribution is 5.67. The minimum Gasteiger partial charge on any atom is -0.488 e. The number of aliphatic hydroxyl groups is 4. The molecular weight excluding hydrogens is 508 g/mol. The second kappa shape index (κ2) is 14.1. The van der Waals surface area contributed by atoms with Crippen molar-refractivity contribution in [3.8, 4) is 11.5 Å². The second-order valence-corrected chi connectivity index (χ2v) is 11.6. The standard InChI is InChI=1S/C33H44O7/c1-21(7-6-8-22(2)16-18-34)9-14-27-23(3)28(15-17-33(27,4)5)39-25-10-12-26(13-11-25)40-29-19-24(20-35)30(36)32(38)31(29)37/h6-14,16,18,24,28-32,35-38H,15,17,19-20H2,1-5H3/b8-6+,14-9+,21-7+,22-16+. The first-order chi connectivity index (χ1) is 19.0. The highest BCUT2D eigenvalue weighted by atomic mass is 16.5. The summed E-state index contributed by atoms with van der Waals surface area (Å²) in [6.07, 6.45) is 9.92. The molecule has 1 aromatic carbocycles. The molecule has 218 valence electrons. The first-order valence-corrected chi connectivity index (χ1v) is 13.9. The molecule has 0 heterocycles. The number of carbonyl (C=O) groups excluding carboxylic acids is 1. The first-order valence-electron chi connectivity index (χ1n) is 13.9. The average Bonchev–Trinajstić information content (AvgIpc) is 2.91. The summed E-state index contributed by atoms with van der Waals surface area (Å²) in [7, 11) is 0. The maximum atomic E-state index is 10.6. The lowest BCUT2D eigenvalue weighted by Crippen LogP contribution is -2.56. The number of aldehydes is 1. The Morgan fingerprint density at radius 1 is 0.950 bits per heavy atom. The summed E-state index contributed by atoms with van der Waals surface area (Å²) in [4.78, 5) is 10.6. The number of carbonyl (C=O) groups is 1. The predicted molar refractivity (Wildman–Crippen MR) is 156 cm³/mol. The van der Waals surface area contributed by atoms with E-state index in [1.165, 1.54) is 17.2 Å². The van der Waals surface area contributed by atoms with Crippen LogP contribution in [0.5, 0.6) is 11.5 Å². The Hall–Kier alpha value is -2.97. The van der Waals surface area contributed by atoms with Gasteiger partial charge in [0.05, 0.1) is 6.10 Å². The van der Waals surface area contributed by atoms with Gasteiger partial charge in [-0.05, 0) is 92.5 Å². The third-order valence-corrected chi connectivity index (χ3v) is 7.95. The Bertz CT molecular complexity index is 1150. The molecule has 1 aromatic rings. The normalized spacial score (nSPS) is 29.7. The van der Waals surface area contributed by atoms with E-state index in [4.69, 9.17) is 9.47 Å². The Labute approximate surface area is 237 Å². The lowest BCUT2D eigenvalue weighted by Gasteiger charge is -2.39. The molecule has 6 atom stereocenters. The molecule has 1 fully saturated rings. The number of rotatable bonds is 10. The number of ether oxygens (including phenoxy) is 2. The smallest absolute Gasteiger partial charge is 0.143 e. The lowest BCUT2D eigenvalue weighted by molar-refractivity contribution is -0.156. The fourth-order valence-electron chi connectivity index (χ4n) is 5.35. The van der Waals surface area contributed by atoms with Gasteiger partial charge in [0.25, 0.3) is 0 Å². The summed E-state index contributed by atoms with van der Waals surface area (Å²) in [6.45, 7) is 10.3.